The van der Waals surface area contributed by atoms with Crippen LogP contribution in [0.15, 0.2) is 40.8 Å². The van der Waals surface area contributed by atoms with Crippen molar-refractivity contribution in [2.45, 2.75) is 26.9 Å². The largest absolute Gasteiger partial charge is 0.451 e. The number of aryl methyl sites for hydroxylation is 2. The Kier molecular flexibility index (Phi) is 5.49. The van der Waals surface area contributed by atoms with E-state index in [4.69, 9.17) is 9.15 Å². The van der Waals surface area contributed by atoms with Crippen molar-refractivity contribution in [3.8, 4) is 0 Å². The van der Waals surface area contributed by atoms with Gasteiger partial charge >= 0.3 is 11.9 Å². The van der Waals surface area contributed by atoms with E-state index in [0.717, 1.165) is 17.2 Å². The summed E-state index contributed by atoms with van der Waals surface area (Å²) in [4.78, 5) is 34.1. The summed E-state index contributed by atoms with van der Waals surface area (Å²) in [5.74, 6) is -1.33. The zero-order chi connectivity index (χ0) is 18.6. The van der Waals surface area contributed by atoms with Gasteiger partial charge in [-0.2, -0.15) is 0 Å². The molecular weight excluding hydrogens is 326 g/mol. The van der Waals surface area contributed by atoms with Crippen LogP contribution in [0.1, 0.15) is 34.2 Å². The minimum absolute atomic E-state index is 0.136. The number of Topliss-reactive ketones (excluding diaryl/α,β-unsaturated/α-hetero) is 1. The van der Waals surface area contributed by atoms with Gasteiger partial charge in [0.1, 0.15) is 10.7 Å². The molecule has 0 amide bonds. The Labute approximate surface area is 144 Å². The molecule has 0 saturated carbocycles. The normalized spacial score (nSPS) is 12.1. The molecule has 7 nitrogen and oxygen atoms in total. The van der Waals surface area contributed by atoms with Gasteiger partial charge in [0, 0.05) is 11.6 Å². The van der Waals surface area contributed by atoms with E-state index >= 15 is 0 Å². The van der Waals surface area contributed by atoms with E-state index in [1.807, 2.05) is 26.0 Å². The number of ether oxygens (including phenoxy) is 1. The van der Waals surface area contributed by atoms with Crippen molar-refractivity contribution in [2.75, 3.05) is 0 Å². The first kappa shape index (κ1) is 18.1. The van der Waals surface area contributed by atoms with Crippen LogP contribution < -0.4 is 0 Å². The number of nitro groups is 1. The maximum Gasteiger partial charge on any atom is 0.433 e. The lowest BCUT2D eigenvalue weighted by molar-refractivity contribution is -0.402. The second-order valence-electron chi connectivity index (χ2n) is 5.53. The molecular formula is C18H17NO6. The highest BCUT2D eigenvalue weighted by molar-refractivity contribution is 6.02. The molecule has 0 aliphatic rings. The van der Waals surface area contributed by atoms with E-state index in [-0.39, 0.29) is 11.5 Å². The summed E-state index contributed by atoms with van der Waals surface area (Å²) in [5, 5.41) is 10.5. The zero-order valence-electron chi connectivity index (χ0n) is 14.0. The monoisotopic (exact) mass is 343 g/mol. The summed E-state index contributed by atoms with van der Waals surface area (Å²) in [7, 11) is 0. The first-order valence-electron chi connectivity index (χ1n) is 7.52. The van der Waals surface area contributed by atoms with Crippen molar-refractivity contribution in [3.05, 3.63) is 69.0 Å². The summed E-state index contributed by atoms with van der Waals surface area (Å²) in [6.07, 6.45) is 1.34. The van der Waals surface area contributed by atoms with Gasteiger partial charge in [-0.1, -0.05) is 17.7 Å². The van der Waals surface area contributed by atoms with E-state index in [0.29, 0.717) is 5.56 Å². The summed E-state index contributed by atoms with van der Waals surface area (Å²) in [5.41, 5.74) is 2.25. The molecule has 0 aliphatic carbocycles. The lowest BCUT2D eigenvalue weighted by Gasteiger charge is -2.13. The number of esters is 1. The fourth-order valence-corrected chi connectivity index (χ4v) is 2.17. The zero-order valence-corrected chi connectivity index (χ0v) is 14.0. The maximum atomic E-state index is 12.4. The number of rotatable bonds is 6. The quantitative estimate of drug-likeness (QED) is 0.261. The molecule has 2 aromatic rings. The first-order chi connectivity index (χ1) is 11.8. The molecule has 1 heterocycles. The lowest BCUT2D eigenvalue weighted by Crippen LogP contribution is -2.24. The second kappa shape index (κ2) is 7.57. The Hall–Kier alpha value is -3.22. The van der Waals surface area contributed by atoms with Gasteiger partial charge in [0.15, 0.2) is 6.10 Å². The van der Waals surface area contributed by atoms with Crippen molar-refractivity contribution in [1.82, 2.24) is 0 Å². The smallest absolute Gasteiger partial charge is 0.433 e. The van der Waals surface area contributed by atoms with E-state index in [9.17, 15) is 19.7 Å². The third-order valence-corrected chi connectivity index (χ3v) is 3.50. The summed E-state index contributed by atoms with van der Waals surface area (Å²) >= 11 is 0. The molecule has 25 heavy (non-hydrogen) atoms. The Morgan fingerprint density at radius 3 is 2.60 bits per heavy atom. The van der Waals surface area contributed by atoms with Crippen molar-refractivity contribution >= 4 is 23.7 Å². The average molecular weight is 343 g/mol. The molecule has 0 fully saturated rings. The van der Waals surface area contributed by atoms with Gasteiger partial charge in [0.05, 0.1) is 6.07 Å². The molecule has 7 heteroatoms. The molecule has 0 radical (unpaired) electrons. The number of carbonyl (C=O) groups is 2. The van der Waals surface area contributed by atoms with Gasteiger partial charge < -0.3 is 9.15 Å². The number of ketones is 1. The number of carbonyl (C=O) groups excluding carboxylic acids is 2. The maximum absolute atomic E-state index is 12.4. The molecule has 0 spiro atoms. The van der Waals surface area contributed by atoms with Crippen LogP contribution in [-0.4, -0.2) is 22.8 Å². The SMILES string of the molecule is Cc1ccc(C)c(C(=O)[C@H](C)OC(=O)/C=C/c2ccc([N+](=O)[O-])o2)c1. The van der Waals surface area contributed by atoms with Gasteiger partial charge in [-0.05, 0) is 44.5 Å². The fraction of sp³-hybridized carbons (Fsp3) is 0.222. The number of nitrogens with zero attached hydrogens (tertiary/aromatic N) is 1. The van der Waals surface area contributed by atoms with Gasteiger partial charge in [-0.25, -0.2) is 4.79 Å². The van der Waals surface area contributed by atoms with E-state index < -0.39 is 22.9 Å². The highest BCUT2D eigenvalue weighted by Gasteiger charge is 2.20. The number of benzene rings is 1. The van der Waals surface area contributed by atoms with Crippen LogP contribution in [0.25, 0.3) is 6.08 Å². The van der Waals surface area contributed by atoms with Crippen LogP contribution in [0.5, 0.6) is 0 Å². The molecule has 0 N–H and O–H groups in total. The van der Waals surface area contributed by atoms with Gasteiger partial charge in [0.25, 0.3) is 0 Å². The second-order valence-corrected chi connectivity index (χ2v) is 5.53. The fourth-order valence-electron chi connectivity index (χ4n) is 2.17. The van der Waals surface area contributed by atoms with E-state index in [1.54, 1.807) is 6.07 Å². The molecule has 2 rings (SSSR count). The third-order valence-electron chi connectivity index (χ3n) is 3.50. The van der Waals surface area contributed by atoms with Crippen molar-refractivity contribution < 1.29 is 23.7 Å². The van der Waals surface area contributed by atoms with E-state index in [2.05, 4.69) is 0 Å². The molecule has 130 valence electrons. The average Bonchev–Trinajstić information content (AvgIpc) is 3.03. The highest BCUT2D eigenvalue weighted by Crippen LogP contribution is 2.17. The van der Waals surface area contributed by atoms with Crippen LogP contribution >= 0.6 is 0 Å². The Morgan fingerprint density at radius 1 is 1.24 bits per heavy atom. The molecule has 0 unspecified atom stereocenters. The van der Waals surface area contributed by atoms with Crippen molar-refractivity contribution in [1.29, 1.82) is 0 Å². The van der Waals surface area contributed by atoms with Gasteiger partial charge in [-0.15, -0.1) is 0 Å². The van der Waals surface area contributed by atoms with Crippen LogP contribution in [0.2, 0.25) is 0 Å². The molecule has 0 bridgehead atoms. The number of hydrogen-bond acceptors (Lipinski definition) is 6. The standard InChI is InChI=1S/C18H17NO6/c1-11-4-5-12(2)15(10-11)18(21)13(3)24-17(20)9-7-14-6-8-16(25-14)19(22)23/h4-10,13H,1-3H3/b9-7+/t13-/m0/s1. The highest BCUT2D eigenvalue weighted by atomic mass is 16.6. The van der Waals surface area contributed by atoms with Crippen LogP contribution in [0, 0.1) is 24.0 Å². The summed E-state index contributed by atoms with van der Waals surface area (Å²) in [6.45, 7) is 5.18. The minimum atomic E-state index is -0.955. The van der Waals surface area contributed by atoms with Gasteiger partial charge in [0.2, 0.25) is 5.78 Å². The van der Waals surface area contributed by atoms with Crippen molar-refractivity contribution in [2.24, 2.45) is 0 Å². The van der Waals surface area contributed by atoms with Crippen LogP contribution in [0.3, 0.4) is 0 Å². The molecule has 1 aromatic carbocycles. The lowest BCUT2D eigenvalue weighted by atomic mass is 9.99. The Balaban J connectivity index is 2.01. The van der Waals surface area contributed by atoms with Crippen LogP contribution in [-0.2, 0) is 9.53 Å². The van der Waals surface area contributed by atoms with E-state index in [1.165, 1.54) is 25.1 Å². The number of furan rings is 1. The molecule has 1 atom stereocenters. The minimum Gasteiger partial charge on any atom is -0.451 e. The predicted molar refractivity (Wildman–Crippen MR) is 90.2 cm³/mol. The Morgan fingerprint density at radius 2 is 1.96 bits per heavy atom. The molecule has 0 saturated heterocycles. The molecule has 1 aromatic heterocycles. The summed E-state index contributed by atoms with van der Waals surface area (Å²) < 4.78 is 9.97. The molecule has 0 aliphatic heterocycles. The van der Waals surface area contributed by atoms with Crippen molar-refractivity contribution in [3.63, 3.8) is 0 Å². The topological polar surface area (TPSA) is 99.7 Å². The Bertz CT molecular complexity index is 849. The summed E-state index contributed by atoms with van der Waals surface area (Å²) in [6, 6.07) is 8.01. The van der Waals surface area contributed by atoms with Gasteiger partial charge in [-0.3, -0.25) is 14.9 Å². The number of hydrogen-bond donors (Lipinski definition) is 0. The van der Waals surface area contributed by atoms with Crippen LogP contribution in [0.4, 0.5) is 5.88 Å². The third kappa shape index (κ3) is 4.63. The predicted octanol–water partition coefficient (Wildman–Crippen LogP) is 3.63. The first-order valence-corrected chi connectivity index (χ1v) is 7.52.